The molecule has 0 spiro atoms. The third kappa shape index (κ3) is 4.71. The Labute approximate surface area is 197 Å². The van der Waals surface area contributed by atoms with Crippen LogP contribution in [0.2, 0.25) is 0 Å². The number of nitrogens with one attached hydrogen (secondary N) is 1. The van der Waals surface area contributed by atoms with E-state index in [1.54, 1.807) is 17.0 Å². The van der Waals surface area contributed by atoms with E-state index in [2.05, 4.69) is 10.3 Å². The molecule has 8 heteroatoms. The van der Waals surface area contributed by atoms with Crippen molar-refractivity contribution in [2.75, 3.05) is 5.32 Å². The second-order valence-electron chi connectivity index (χ2n) is 8.56. The van der Waals surface area contributed by atoms with Crippen molar-refractivity contribution >= 4 is 22.8 Å². The third-order valence-electron chi connectivity index (χ3n) is 6.01. The number of hydrogen-bond donors (Lipinski definition) is 1. The standard InChI is InChI=1S/C26H29N5O3/c1-4-5-13-30-24-23(29(17-27-24)15-20-9-7-6-8-10-20)25(33)31(26(30)34)16-22(32)28-21-12-11-18(2)19(3)14-21/h6-12,14,17H,4-5,13,15-16H2,1-3H3,(H,28,32). The van der Waals surface area contributed by atoms with Crippen molar-refractivity contribution in [1.82, 2.24) is 18.7 Å². The molecule has 4 rings (SSSR count). The molecule has 0 atom stereocenters. The summed E-state index contributed by atoms with van der Waals surface area (Å²) < 4.78 is 4.26. The van der Waals surface area contributed by atoms with Crippen LogP contribution < -0.4 is 16.6 Å². The number of aryl methyl sites for hydroxylation is 3. The SMILES string of the molecule is CCCCn1c(=O)n(CC(=O)Nc2ccc(C)c(C)c2)c(=O)c2c1ncn2Cc1ccccc1. The summed E-state index contributed by atoms with van der Waals surface area (Å²) in [6.45, 7) is 6.48. The van der Waals surface area contributed by atoms with E-state index in [1.807, 2.05) is 63.2 Å². The number of fused-ring (bicyclic) bond motifs is 1. The number of anilines is 1. The molecule has 0 aliphatic carbocycles. The minimum atomic E-state index is -0.522. The molecule has 2 aromatic heterocycles. The van der Waals surface area contributed by atoms with Crippen LogP contribution in [0.25, 0.3) is 11.2 Å². The predicted molar refractivity (Wildman–Crippen MR) is 133 cm³/mol. The fourth-order valence-corrected chi connectivity index (χ4v) is 3.96. The minimum Gasteiger partial charge on any atom is -0.325 e. The van der Waals surface area contributed by atoms with Gasteiger partial charge in [0, 0.05) is 18.8 Å². The number of hydrogen-bond acceptors (Lipinski definition) is 4. The minimum absolute atomic E-state index is 0.318. The molecule has 0 saturated heterocycles. The van der Waals surface area contributed by atoms with E-state index in [0.29, 0.717) is 29.9 Å². The van der Waals surface area contributed by atoms with Gasteiger partial charge in [-0.1, -0.05) is 49.7 Å². The average molecular weight is 460 g/mol. The Balaban J connectivity index is 1.74. The Bertz CT molecular complexity index is 1450. The van der Waals surface area contributed by atoms with Crippen molar-refractivity contribution < 1.29 is 4.79 Å². The van der Waals surface area contributed by atoms with Gasteiger partial charge < -0.3 is 9.88 Å². The number of imidazole rings is 1. The van der Waals surface area contributed by atoms with Gasteiger partial charge in [0.05, 0.1) is 6.33 Å². The van der Waals surface area contributed by atoms with E-state index in [-0.39, 0.29) is 6.54 Å². The van der Waals surface area contributed by atoms with Crippen molar-refractivity contribution in [2.45, 2.75) is 53.2 Å². The van der Waals surface area contributed by atoms with Gasteiger partial charge in [0.25, 0.3) is 5.56 Å². The van der Waals surface area contributed by atoms with E-state index in [9.17, 15) is 14.4 Å². The van der Waals surface area contributed by atoms with Crippen molar-refractivity contribution in [1.29, 1.82) is 0 Å². The van der Waals surface area contributed by atoms with Crippen molar-refractivity contribution in [2.24, 2.45) is 0 Å². The highest BCUT2D eigenvalue weighted by Crippen LogP contribution is 2.14. The van der Waals surface area contributed by atoms with Crippen molar-refractivity contribution in [3.05, 3.63) is 92.4 Å². The van der Waals surface area contributed by atoms with Gasteiger partial charge in [-0.25, -0.2) is 14.3 Å². The molecule has 176 valence electrons. The van der Waals surface area contributed by atoms with Crippen LogP contribution in [0.3, 0.4) is 0 Å². The van der Waals surface area contributed by atoms with Gasteiger partial charge in [0.1, 0.15) is 6.54 Å². The van der Waals surface area contributed by atoms with Crippen LogP contribution in [0.5, 0.6) is 0 Å². The molecule has 0 saturated carbocycles. The summed E-state index contributed by atoms with van der Waals surface area (Å²) in [4.78, 5) is 43.9. The highest BCUT2D eigenvalue weighted by atomic mass is 16.2. The Morgan fingerprint density at radius 2 is 1.76 bits per heavy atom. The molecule has 34 heavy (non-hydrogen) atoms. The van der Waals surface area contributed by atoms with Crippen molar-refractivity contribution in [3.8, 4) is 0 Å². The van der Waals surface area contributed by atoms with E-state index >= 15 is 0 Å². The van der Waals surface area contributed by atoms with Gasteiger partial charge in [-0.2, -0.15) is 0 Å². The second kappa shape index (κ2) is 9.91. The van der Waals surface area contributed by atoms with Crippen LogP contribution in [0.4, 0.5) is 5.69 Å². The van der Waals surface area contributed by atoms with E-state index in [0.717, 1.165) is 34.1 Å². The first kappa shape index (κ1) is 23.2. The molecule has 0 fully saturated rings. The number of unbranched alkanes of at least 4 members (excludes halogenated alkanes) is 1. The van der Waals surface area contributed by atoms with Crippen LogP contribution in [0.15, 0.2) is 64.4 Å². The lowest BCUT2D eigenvalue weighted by molar-refractivity contribution is -0.116. The molecule has 0 aliphatic rings. The number of carbonyl (C=O) groups excluding carboxylic acids is 1. The fraction of sp³-hybridized carbons (Fsp3) is 0.308. The lowest BCUT2D eigenvalue weighted by atomic mass is 10.1. The summed E-state index contributed by atoms with van der Waals surface area (Å²) in [6, 6.07) is 15.3. The fourth-order valence-electron chi connectivity index (χ4n) is 3.96. The number of benzene rings is 2. The van der Waals surface area contributed by atoms with Crippen molar-refractivity contribution in [3.63, 3.8) is 0 Å². The topological polar surface area (TPSA) is 90.9 Å². The second-order valence-corrected chi connectivity index (χ2v) is 8.56. The van der Waals surface area contributed by atoms with Crippen LogP contribution in [-0.4, -0.2) is 24.6 Å². The summed E-state index contributed by atoms with van der Waals surface area (Å²) in [5.41, 5.74) is 3.42. The number of nitrogens with zero attached hydrogens (tertiary/aromatic N) is 4. The molecule has 1 N–H and O–H groups in total. The Hall–Kier alpha value is -3.94. The van der Waals surface area contributed by atoms with Gasteiger partial charge in [-0.3, -0.25) is 14.2 Å². The zero-order valence-electron chi connectivity index (χ0n) is 19.7. The first-order chi connectivity index (χ1) is 16.4. The maximum atomic E-state index is 13.4. The quantitative estimate of drug-likeness (QED) is 0.437. The normalized spacial score (nSPS) is 11.1. The summed E-state index contributed by atoms with van der Waals surface area (Å²) in [5.74, 6) is -0.432. The molecule has 1 amide bonds. The third-order valence-corrected chi connectivity index (χ3v) is 6.01. The number of carbonyl (C=O) groups is 1. The first-order valence-electron chi connectivity index (χ1n) is 11.5. The molecule has 8 nitrogen and oxygen atoms in total. The number of amides is 1. The number of rotatable bonds is 8. The van der Waals surface area contributed by atoms with E-state index < -0.39 is 17.2 Å². The van der Waals surface area contributed by atoms with Gasteiger partial charge in [0.2, 0.25) is 5.91 Å². The predicted octanol–water partition coefficient (Wildman–Crippen LogP) is 3.46. The highest BCUT2D eigenvalue weighted by molar-refractivity contribution is 5.90. The maximum Gasteiger partial charge on any atom is 0.333 e. The molecular weight excluding hydrogens is 430 g/mol. The first-order valence-corrected chi connectivity index (χ1v) is 11.5. The van der Waals surface area contributed by atoms with Gasteiger partial charge in [-0.15, -0.1) is 0 Å². The average Bonchev–Trinajstić information content (AvgIpc) is 3.23. The summed E-state index contributed by atoms with van der Waals surface area (Å²) in [6.07, 6.45) is 3.22. The molecule has 4 aromatic rings. The lowest BCUT2D eigenvalue weighted by Crippen LogP contribution is -2.43. The summed E-state index contributed by atoms with van der Waals surface area (Å²) in [7, 11) is 0. The smallest absolute Gasteiger partial charge is 0.325 e. The molecule has 0 aliphatic heterocycles. The van der Waals surface area contributed by atoms with E-state index in [4.69, 9.17) is 0 Å². The Kier molecular flexibility index (Phi) is 6.77. The van der Waals surface area contributed by atoms with Gasteiger partial charge in [-0.05, 0) is 49.1 Å². The molecular formula is C26H29N5O3. The van der Waals surface area contributed by atoms with E-state index in [1.165, 1.54) is 4.57 Å². The maximum absolute atomic E-state index is 13.4. The van der Waals surface area contributed by atoms with Crippen LogP contribution in [0.1, 0.15) is 36.5 Å². The molecule has 0 unspecified atom stereocenters. The zero-order chi connectivity index (χ0) is 24.2. The number of aromatic nitrogens is 4. The molecule has 2 aromatic carbocycles. The van der Waals surface area contributed by atoms with Crippen LogP contribution >= 0.6 is 0 Å². The Morgan fingerprint density at radius 1 is 1.00 bits per heavy atom. The summed E-state index contributed by atoms with van der Waals surface area (Å²) >= 11 is 0. The van der Waals surface area contributed by atoms with Crippen LogP contribution in [0, 0.1) is 13.8 Å². The molecule has 2 heterocycles. The molecule has 0 bridgehead atoms. The lowest BCUT2D eigenvalue weighted by Gasteiger charge is -2.13. The largest absolute Gasteiger partial charge is 0.333 e. The monoisotopic (exact) mass is 459 g/mol. The highest BCUT2D eigenvalue weighted by Gasteiger charge is 2.20. The molecule has 0 radical (unpaired) electrons. The zero-order valence-corrected chi connectivity index (χ0v) is 19.7. The van der Waals surface area contributed by atoms with Crippen LogP contribution in [-0.2, 0) is 24.4 Å². The Morgan fingerprint density at radius 3 is 2.47 bits per heavy atom. The van der Waals surface area contributed by atoms with Gasteiger partial charge >= 0.3 is 5.69 Å². The van der Waals surface area contributed by atoms with Gasteiger partial charge in [0.15, 0.2) is 11.2 Å². The summed E-state index contributed by atoms with van der Waals surface area (Å²) in [5, 5.41) is 2.80.